The van der Waals surface area contributed by atoms with Crippen LogP contribution in [0, 0.1) is 0 Å². The summed E-state index contributed by atoms with van der Waals surface area (Å²) in [6.45, 7) is 10.0. The lowest BCUT2D eigenvalue weighted by Crippen LogP contribution is -2.37. The third kappa shape index (κ3) is 3.37. The highest BCUT2D eigenvalue weighted by molar-refractivity contribution is 5.76. The maximum atomic E-state index is 4.71. The first-order chi connectivity index (χ1) is 12.8. The standard InChI is InChI=1S/C21H27N5/c1-3-25(4-2)19-10-11-24(16-19)14-17-12-22-21-20(13-23-26(21)15-17)18-8-6-5-7-9-18/h5-9,12-13,15,19H,3-4,10-11,14,16H2,1-2H3. The molecule has 0 aliphatic carbocycles. The van der Waals surface area contributed by atoms with Gasteiger partial charge in [-0.15, -0.1) is 0 Å². The molecule has 3 aromatic rings. The molecule has 1 atom stereocenters. The Bertz CT molecular complexity index is 853. The number of hydrogen-bond acceptors (Lipinski definition) is 4. The molecule has 0 radical (unpaired) electrons. The number of benzene rings is 1. The molecule has 1 aliphatic rings. The van der Waals surface area contributed by atoms with Crippen molar-refractivity contribution in [3.05, 3.63) is 54.5 Å². The van der Waals surface area contributed by atoms with Crippen molar-refractivity contribution < 1.29 is 0 Å². The van der Waals surface area contributed by atoms with Crippen LogP contribution in [-0.4, -0.2) is 56.6 Å². The second-order valence-corrected chi connectivity index (χ2v) is 7.05. The number of nitrogens with zero attached hydrogens (tertiary/aromatic N) is 5. The zero-order valence-corrected chi connectivity index (χ0v) is 15.7. The highest BCUT2D eigenvalue weighted by Crippen LogP contribution is 2.23. The molecule has 0 amide bonds. The van der Waals surface area contributed by atoms with Crippen molar-refractivity contribution in [3.63, 3.8) is 0 Å². The Morgan fingerprint density at radius 3 is 2.69 bits per heavy atom. The second-order valence-electron chi connectivity index (χ2n) is 7.05. The topological polar surface area (TPSA) is 36.7 Å². The van der Waals surface area contributed by atoms with Gasteiger partial charge in [-0.2, -0.15) is 5.10 Å². The quantitative estimate of drug-likeness (QED) is 0.684. The Kier molecular flexibility index (Phi) is 5.00. The van der Waals surface area contributed by atoms with Crippen LogP contribution < -0.4 is 0 Å². The highest BCUT2D eigenvalue weighted by atomic mass is 15.3. The van der Waals surface area contributed by atoms with Crippen LogP contribution in [0.3, 0.4) is 0 Å². The van der Waals surface area contributed by atoms with E-state index in [0.29, 0.717) is 6.04 Å². The van der Waals surface area contributed by atoms with E-state index in [1.165, 1.54) is 12.0 Å². The van der Waals surface area contributed by atoms with Crippen molar-refractivity contribution in [2.45, 2.75) is 32.9 Å². The van der Waals surface area contributed by atoms with Gasteiger partial charge >= 0.3 is 0 Å². The van der Waals surface area contributed by atoms with Crippen LogP contribution in [0.4, 0.5) is 0 Å². The fourth-order valence-electron chi connectivity index (χ4n) is 4.07. The number of fused-ring (bicyclic) bond motifs is 1. The number of rotatable bonds is 6. The molecule has 1 fully saturated rings. The zero-order chi connectivity index (χ0) is 17.9. The van der Waals surface area contributed by atoms with Crippen molar-refractivity contribution in [2.75, 3.05) is 26.2 Å². The summed E-state index contributed by atoms with van der Waals surface area (Å²) in [5, 5.41) is 4.53. The molecule has 1 unspecified atom stereocenters. The first-order valence-electron chi connectivity index (χ1n) is 9.62. The summed E-state index contributed by atoms with van der Waals surface area (Å²) in [7, 11) is 0. The molecule has 2 aromatic heterocycles. The summed E-state index contributed by atoms with van der Waals surface area (Å²) < 4.78 is 1.91. The second kappa shape index (κ2) is 7.56. The van der Waals surface area contributed by atoms with Gasteiger partial charge in [0.2, 0.25) is 0 Å². The minimum Gasteiger partial charge on any atom is -0.300 e. The van der Waals surface area contributed by atoms with E-state index in [2.05, 4.69) is 47.1 Å². The molecule has 1 aliphatic heterocycles. The van der Waals surface area contributed by atoms with Gasteiger partial charge in [0, 0.05) is 49.2 Å². The number of hydrogen-bond donors (Lipinski definition) is 0. The van der Waals surface area contributed by atoms with Crippen molar-refractivity contribution in [3.8, 4) is 11.1 Å². The molecule has 5 nitrogen and oxygen atoms in total. The number of likely N-dealkylation sites (N-methyl/N-ethyl adjacent to an activating group) is 1. The summed E-state index contributed by atoms with van der Waals surface area (Å²) in [5.41, 5.74) is 4.38. The van der Waals surface area contributed by atoms with Gasteiger partial charge in [0.05, 0.1) is 6.20 Å². The molecule has 0 N–H and O–H groups in total. The molecular weight excluding hydrogens is 322 g/mol. The molecule has 0 spiro atoms. The van der Waals surface area contributed by atoms with E-state index >= 15 is 0 Å². The molecule has 0 bridgehead atoms. The summed E-state index contributed by atoms with van der Waals surface area (Å²) in [6, 6.07) is 11.0. The van der Waals surface area contributed by atoms with Gasteiger partial charge in [-0.1, -0.05) is 44.2 Å². The van der Waals surface area contributed by atoms with E-state index in [4.69, 9.17) is 4.98 Å². The Morgan fingerprint density at radius 2 is 1.92 bits per heavy atom. The van der Waals surface area contributed by atoms with E-state index in [9.17, 15) is 0 Å². The highest BCUT2D eigenvalue weighted by Gasteiger charge is 2.26. The summed E-state index contributed by atoms with van der Waals surface area (Å²) in [4.78, 5) is 9.82. The van der Waals surface area contributed by atoms with Crippen molar-refractivity contribution in [1.82, 2.24) is 24.4 Å². The van der Waals surface area contributed by atoms with E-state index in [0.717, 1.165) is 49.5 Å². The lowest BCUT2D eigenvalue weighted by Gasteiger charge is -2.26. The molecule has 26 heavy (non-hydrogen) atoms. The molecule has 4 rings (SSSR count). The molecule has 5 heteroatoms. The van der Waals surface area contributed by atoms with Gasteiger partial charge in [-0.3, -0.25) is 9.80 Å². The zero-order valence-electron chi connectivity index (χ0n) is 15.7. The van der Waals surface area contributed by atoms with Gasteiger partial charge in [0.15, 0.2) is 5.65 Å². The molecular formula is C21H27N5. The predicted octanol–water partition coefficient (Wildman–Crippen LogP) is 3.31. The molecule has 136 valence electrons. The molecule has 1 saturated heterocycles. The Morgan fingerprint density at radius 1 is 1.12 bits per heavy atom. The van der Waals surface area contributed by atoms with Crippen molar-refractivity contribution in [1.29, 1.82) is 0 Å². The summed E-state index contributed by atoms with van der Waals surface area (Å²) in [6.07, 6.45) is 7.30. The third-order valence-electron chi connectivity index (χ3n) is 5.48. The Balaban J connectivity index is 1.49. The maximum absolute atomic E-state index is 4.71. The summed E-state index contributed by atoms with van der Waals surface area (Å²) >= 11 is 0. The minimum atomic E-state index is 0.691. The molecule has 3 heterocycles. The van der Waals surface area contributed by atoms with E-state index < -0.39 is 0 Å². The van der Waals surface area contributed by atoms with E-state index in [-0.39, 0.29) is 0 Å². The maximum Gasteiger partial charge on any atom is 0.162 e. The lowest BCUT2D eigenvalue weighted by atomic mass is 10.1. The Labute approximate surface area is 155 Å². The monoisotopic (exact) mass is 349 g/mol. The minimum absolute atomic E-state index is 0.691. The first kappa shape index (κ1) is 17.2. The van der Waals surface area contributed by atoms with Gasteiger partial charge in [0.25, 0.3) is 0 Å². The number of aromatic nitrogens is 3. The normalized spacial score (nSPS) is 18.2. The fraction of sp³-hybridized carbons (Fsp3) is 0.429. The van der Waals surface area contributed by atoms with Gasteiger partial charge in [0.1, 0.15) is 0 Å². The van der Waals surface area contributed by atoms with Crippen LogP contribution in [0.15, 0.2) is 48.9 Å². The van der Waals surface area contributed by atoms with Crippen LogP contribution in [0.1, 0.15) is 25.8 Å². The van der Waals surface area contributed by atoms with Gasteiger partial charge in [-0.05, 0) is 25.1 Å². The smallest absolute Gasteiger partial charge is 0.162 e. The lowest BCUT2D eigenvalue weighted by molar-refractivity contribution is 0.209. The average Bonchev–Trinajstić information content (AvgIpc) is 3.30. The fourth-order valence-corrected chi connectivity index (χ4v) is 4.07. The molecule has 0 saturated carbocycles. The van der Waals surface area contributed by atoms with Crippen molar-refractivity contribution >= 4 is 5.65 Å². The first-order valence-corrected chi connectivity index (χ1v) is 9.62. The SMILES string of the molecule is CCN(CC)C1CCN(Cc2cnc3c(-c4ccccc4)cnn3c2)C1. The Hall–Kier alpha value is -2.24. The van der Waals surface area contributed by atoms with Crippen LogP contribution in [0.5, 0.6) is 0 Å². The van der Waals surface area contributed by atoms with E-state index in [1.807, 2.05) is 35.1 Å². The van der Waals surface area contributed by atoms with Crippen LogP contribution in [0.2, 0.25) is 0 Å². The predicted molar refractivity (Wildman–Crippen MR) is 105 cm³/mol. The van der Waals surface area contributed by atoms with Crippen molar-refractivity contribution in [2.24, 2.45) is 0 Å². The van der Waals surface area contributed by atoms with Crippen LogP contribution in [0.25, 0.3) is 16.8 Å². The van der Waals surface area contributed by atoms with E-state index in [1.54, 1.807) is 0 Å². The van der Waals surface area contributed by atoms with Crippen LogP contribution >= 0.6 is 0 Å². The largest absolute Gasteiger partial charge is 0.300 e. The van der Waals surface area contributed by atoms with Gasteiger partial charge in [-0.25, -0.2) is 9.50 Å². The third-order valence-corrected chi connectivity index (χ3v) is 5.48. The van der Waals surface area contributed by atoms with Crippen LogP contribution in [-0.2, 0) is 6.54 Å². The molecule has 1 aromatic carbocycles. The summed E-state index contributed by atoms with van der Waals surface area (Å²) in [5.74, 6) is 0. The average molecular weight is 349 g/mol. The number of likely N-dealkylation sites (tertiary alicyclic amines) is 1. The van der Waals surface area contributed by atoms with Gasteiger partial charge < -0.3 is 0 Å².